The Balaban J connectivity index is 1.79. The van der Waals surface area contributed by atoms with E-state index in [0.717, 1.165) is 25.2 Å². The highest BCUT2D eigenvalue weighted by Gasteiger charge is 2.21. The maximum atomic E-state index is 13.0. The van der Waals surface area contributed by atoms with Crippen LogP contribution in [0.3, 0.4) is 0 Å². The minimum atomic E-state index is -1.56. The van der Waals surface area contributed by atoms with Crippen LogP contribution in [-0.4, -0.2) is 5.97 Å². The highest BCUT2D eigenvalue weighted by atomic mass is 19.2. The SMILES string of the molecule is CC[C@H]1CC[C@H](CCC(=O)Oc2cc(F)c(F)c(F)c2)CC1. The number of ether oxygens (including phenoxy) is 1. The lowest BCUT2D eigenvalue weighted by Crippen LogP contribution is -2.16. The number of benzene rings is 1. The molecule has 2 rings (SSSR count). The van der Waals surface area contributed by atoms with Crippen LogP contribution >= 0.6 is 0 Å². The maximum Gasteiger partial charge on any atom is 0.311 e. The van der Waals surface area contributed by atoms with Gasteiger partial charge in [0, 0.05) is 18.6 Å². The lowest BCUT2D eigenvalue weighted by atomic mass is 9.79. The van der Waals surface area contributed by atoms with Crippen LogP contribution in [-0.2, 0) is 4.79 Å². The summed E-state index contributed by atoms with van der Waals surface area (Å²) in [6.07, 6.45) is 6.77. The van der Waals surface area contributed by atoms with Gasteiger partial charge in [-0.1, -0.05) is 39.0 Å². The quantitative estimate of drug-likeness (QED) is 0.434. The first kappa shape index (κ1) is 16.8. The number of hydrogen-bond acceptors (Lipinski definition) is 2. The normalized spacial score (nSPS) is 21.6. The first-order valence-electron chi connectivity index (χ1n) is 7.84. The third-order valence-corrected chi connectivity index (χ3v) is 4.49. The van der Waals surface area contributed by atoms with Crippen molar-refractivity contribution in [2.45, 2.75) is 51.9 Å². The van der Waals surface area contributed by atoms with Gasteiger partial charge in [-0.05, 0) is 18.3 Å². The predicted molar refractivity (Wildman–Crippen MR) is 76.9 cm³/mol. The standard InChI is InChI=1S/C17H21F3O2/c1-2-11-3-5-12(6-4-11)7-8-16(21)22-13-9-14(18)17(20)15(19)10-13/h9-12H,2-8H2,1H3/t11-,12-. The molecule has 0 N–H and O–H groups in total. The molecule has 0 radical (unpaired) electrons. The van der Waals surface area contributed by atoms with Crippen molar-refractivity contribution >= 4 is 5.97 Å². The molecule has 0 heterocycles. The molecule has 0 spiro atoms. The largest absolute Gasteiger partial charge is 0.426 e. The molecule has 1 aromatic rings. The number of halogens is 3. The van der Waals surface area contributed by atoms with Crippen LogP contribution in [0.2, 0.25) is 0 Å². The highest BCUT2D eigenvalue weighted by molar-refractivity contribution is 5.72. The molecule has 1 aliphatic rings. The second-order valence-corrected chi connectivity index (χ2v) is 6.01. The molecule has 122 valence electrons. The van der Waals surface area contributed by atoms with Crippen LogP contribution in [0.5, 0.6) is 5.75 Å². The Morgan fingerprint density at radius 3 is 2.18 bits per heavy atom. The highest BCUT2D eigenvalue weighted by Crippen LogP contribution is 2.33. The monoisotopic (exact) mass is 314 g/mol. The van der Waals surface area contributed by atoms with Gasteiger partial charge in [-0.15, -0.1) is 0 Å². The van der Waals surface area contributed by atoms with Gasteiger partial charge in [0.15, 0.2) is 17.5 Å². The van der Waals surface area contributed by atoms with Gasteiger partial charge in [-0.3, -0.25) is 4.79 Å². The summed E-state index contributed by atoms with van der Waals surface area (Å²) < 4.78 is 43.8. The van der Waals surface area contributed by atoms with Crippen molar-refractivity contribution in [1.82, 2.24) is 0 Å². The van der Waals surface area contributed by atoms with E-state index in [-0.39, 0.29) is 12.2 Å². The van der Waals surface area contributed by atoms with E-state index in [2.05, 4.69) is 6.92 Å². The van der Waals surface area contributed by atoms with Crippen molar-refractivity contribution in [2.24, 2.45) is 11.8 Å². The number of hydrogen-bond donors (Lipinski definition) is 0. The van der Waals surface area contributed by atoms with Crippen molar-refractivity contribution < 1.29 is 22.7 Å². The molecular formula is C17H21F3O2. The van der Waals surface area contributed by atoms with Crippen LogP contribution in [0.4, 0.5) is 13.2 Å². The summed E-state index contributed by atoms with van der Waals surface area (Å²) >= 11 is 0. The molecule has 0 unspecified atom stereocenters. The van der Waals surface area contributed by atoms with E-state index in [4.69, 9.17) is 4.74 Å². The van der Waals surface area contributed by atoms with Crippen molar-refractivity contribution in [2.75, 3.05) is 0 Å². The number of carbonyl (C=O) groups is 1. The molecule has 22 heavy (non-hydrogen) atoms. The average molecular weight is 314 g/mol. The number of rotatable bonds is 5. The summed E-state index contributed by atoms with van der Waals surface area (Å²) in [4.78, 5) is 11.7. The third kappa shape index (κ3) is 4.49. The van der Waals surface area contributed by atoms with Crippen LogP contribution in [0.15, 0.2) is 12.1 Å². The van der Waals surface area contributed by atoms with Gasteiger partial charge in [0.05, 0.1) is 0 Å². The summed E-state index contributed by atoms with van der Waals surface area (Å²) in [6, 6.07) is 1.37. The predicted octanol–water partition coefficient (Wildman–Crippen LogP) is 5.01. The Labute approximate surface area is 128 Å². The molecule has 0 bridgehead atoms. The fourth-order valence-electron chi connectivity index (χ4n) is 3.02. The molecule has 5 heteroatoms. The van der Waals surface area contributed by atoms with Crippen molar-refractivity contribution in [1.29, 1.82) is 0 Å². The second kappa shape index (κ2) is 7.65. The van der Waals surface area contributed by atoms with Crippen molar-refractivity contribution in [3.05, 3.63) is 29.6 Å². The van der Waals surface area contributed by atoms with Crippen LogP contribution in [0.1, 0.15) is 51.9 Å². The van der Waals surface area contributed by atoms with Crippen LogP contribution in [0.25, 0.3) is 0 Å². The van der Waals surface area contributed by atoms with Gasteiger partial charge in [-0.2, -0.15) is 0 Å². The molecule has 0 amide bonds. The van der Waals surface area contributed by atoms with E-state index < -0.39 is 23.4 Å². The van der Waals surface area contributed by atoms with Gasteiger partial charge < -0.3 is 4.74 Å². The summed E-state index contributed by atoms with van der Waals surface area (Å²) in [6.45, 7) is 2.20. The van der Waals surface area contributed by atoms with Gasteiger partial charge in [0.25, 0.3) is 0 Å². The molecule has 1 aliphatic carbocycles. The average Bonchev–Trinajstić information content (AvgIpc) is 2.51. The van der Waals surface area contributed by atoms with Crippen molar-refractivity contribution in [3.63, 3.8) is 0 Å². The number of carbonyl (C=O) groups excluding carboxylic acids is 1. The molecule has 1 fully saturated rings. The maximum absolute atomic E-state index is 13.0. The Kier molecular flexibility index (Phi) is 5.86. The molecule has 1 aromatic carbocycles. The van der Waals surface area contributed by atoms with Crippen LogP contribution < -0.4 is 4.74 Å². The Hall–Kier alpha value is -1.52. The van der Waals surface area contributed by atoms with Gasteiger partial charge in [0.2, 0.25) is 0 Å². The third-order valence-electron chi connectivity index (χ3n) is 4.49. The van der Waals surface area contributed by atoms with E-state index in [1.165, 1.54) is 19.3 Å². The van der Waals surface area contributed by atoms with E-state index in [9.17, 15) is 18.0 Å². The van der Waals surface area contributed by atoms with Crippen LogP contribution in [0, 0.1) is 29.3 Å². The zero-order valence-corrected chi connectivity index (χ0v) is 12.7. The minimum absolute atomic E-state index is 0.210. The first-order valence-corrected chi connectivity index (χ1v) is 7.84. The molecule has 0 aromatic heterocycles. The Morgan fingerprint density at radius 1 is 1.09 bits per heavy atom. The second-order valence-electron chi connectivity index (χ2n) is 6.01. The lowest BCUT2D eigenvalue weighted by Gasteiger charge is -2.27. The molecule has 0 atom stereocenters. The molecule has 0 saturated heterocycles. The fraction of sp³-hybridized carbons (Fsp3) is 0.588. The summed E-state index contributed by atoms with van der Waals surface area (Å²) in [7, 11) is 0. The topological polar surface area (TPSA) is 26.3 Å². The van der Waals surface area contributed by atoms with E-state index in [1.54, 1.807) is 0 Å². The van der Waals surface area contributed by atoms with E-state index in [1.807, 2.05) is 0 Å². The smallest absolute Gasteiger partial charge is 0.311 e. The Bertz CT molecular complexity index is 500. The lowest BCUT2D eigenvalue weighted by molar-refractivity contribution is -0.134. The molecular weight excluding hydrogens is 293 g/mol. The number of esters is 1. The zero-order valence-electron chi connectivity index (χ0n) is 12.7. The zero-order chi connectivity index (χ0) is 16.1. The molecule has 2 nitrogen and oxygen atoms in total. The van der Waals surface area contributed by atoms with E-state index in [0.29, 0.717) is 18.1 Å². The van der Waals surface area contributed by atoms with Gasteiger partial charge >= 0.3 is 5.97 Å². The summed E-state index contributed by atoms with van der Waals surface area (Å²) in [5.74, 6) is -3.81. The van der Waals surface area contributed by atoms with Gasteiger partial charge in [-0.25, -0.2) is 13.2 Å². The minimum Gasteiger partial charge on any atom is -0.426 e. The Morgan fingerprint density at radius 2 is 1.64 bits per heavy atom. The molecule has 0 aliphatic heterocycles. The van der Waals surface area contributed by atoms with Crippen molar-refractivity contribution in [3.8, 4) is 5.75 Å². The van der Waals surface area contributed by atoms with E-state index >= 15 is 0 Å². The first-order chi connectivity index (χ1) is 10.5. The molecule has 1 saturated carbocycles. The summed E-state index contributed by atoms with van der Waals surface area (Å²) in [5.41, 5.74) is 0. The fourth-order valence-corrected chi connectivity index (χ4v) is 3.02. The summed E-state index contributed by atoms with van der Waals surface area (Å²) in [5, 5.41) is 0. The van der Waals surface area contributed by atoms with Gasteiger partial charge in [0.1, 0.15) is 5.75 Å².